The molecule has 2 amide bonds. The smallest absolute Gasteiger partial charge is 0.258 e. The van der Waals surface area contributed by atoms with Crippen molar-refractivity contribution in [1.29, 1.82) is 0 Å². The Morgan fingerprint density at radius 2 is 1.02 bits per heavy atom. The van der Waals surface area contributed by atoms with E-state index in [9.17, 15) is 9.59 Å². The van der Waals surface area contributed by atoms with Crippen LogP contribution in [0.2, 0.25) is 10.0 Å². The molecule has 3 N–H and O–H groups in total. The van der Waals surface area contributed by atoms with Gasteiger partial charge in [-0.2, -0.15) is 0 Å². The van der Waals surface area contributed by atoms with Crippen molar-refractivity contribution in [2.75, 3.05) is 16.0 Å². The van der Waals surface area contributed by atoms with Crippen molar-refractivity contribution in [3.05, 3.63) is 154 Å². The van der Waals surface area contributed by atoms with Crippen LogP contribution in [-0.2, 0) is 12.8 Å². The molecule has 5 nitrogen and oxygen atoms in total. The maximum atomic E-state index is 13.0. The number of nitrogens with one attached hydrogen (secondary N) is 3. The fourth-order valence-corrected chi connectivity index (χ4v) is 4.94. The van der Waals surface area contributed by atoms with Crippen molar-refractivity contribution in [2.24, 2.45) is 0 Å². The van der Waals surface area contributed by atoms with E-state index >= 15 is 0 Å². The molecule has 0 saturated carbocycles. The molecule has 0 aliphatic carbocycles. The van der Waals surface area contributed by atoms with Crippen LogP contribution in [0.15, 0.2) is 121 Å². The first-order valence-corrected chi connectivity index (χ1v) is 13.9. The minimum absolute atomic E-state index is 0.180. The molecule has 0 aliphatic rings. The summed E-state index contributed by atoms with van der Waals surface area (Å²) < 4.78 is 0. The lowest BCUT2D eigenvalue weighted by Gasteiger charge is -2.13. The Kier molecular flexibility index (Phi) is 8.99. The number of amides is 2. The molecule has 0 radical (unpaired) electrons. The minimum Gasteiger partial charge on any atom is -0.355 e. The maximum Gasteiger partial charge on any atom is 0.258 e. The molecule has 0 bridgehead atoms. The van der Waals surface area contributed by atoms with Gasteiger partial charge in [-0.15, -0.1) is 0 Å². The Morgan fingerprint density at radius 3 is 1.61 bits per heavy atom. The number of anilines is 4. The van der Waals surface area contributed by atoms with E-state index in [4.69, 9.17) is 23.2 Å². The van der Waals surface area contributed by atoms with E-state index < -0.39 is 0 Å². The summed E-state index contributed by atoms with van der Waals surface area (Å²) in [6, 6.07) is 37.7. The van der Waals surface area contributed by atoms with Crippen LogP contribution < -0.4 is 16.0 Å². The van der Waals surface area contributed by atoms with E-state index in [0.29, 0.717) is 21.3 Å². The third kappa shape index (κ3) is 7.34. The monoisotopic (exact) mass is 579 g/mol. The average molecular weight is 581 g/mol. The number of carbonyl (C=O) groups is 2. The Morgan fingerprint density at radius 1 is 0.512 bits per heavy atom. The lowest BCUT2D eigenvalue weighted by molar-refractivity contribution is 0.101. The lowest BCUT2D eigenvalue weighted by Crippen LogP contribution is -2.13. The maximum absolute atomic E-state index is 13.0. The predicted molar refractivity (Wildman–Crippen MR) is 169 cm³/mol. The molecule has 0 saturated heterocycles. The zero-order valence-electron chi connectivity index (χ0n) is 22.0. The molecule has 0 spiro atoms. The number of hydrogen-bond acceptors (Lipinski definition) is 3. The number of aryl methyl sites for hydroxylation is 2. The molecule has 0 atom stereocenters. The van der Waals surface area contributed by atoms with Crippen LogP contribution in [0.4, 0.5) is 22.7 Å². The van der Waals surface area contributed by atoms with Crippen LogP contribution in [0.25, 0.3) is 0 Å². The largest absolute Gasteiger partial charge is 0.355 e. The Hall–Kier alpha value is -4.58. The van der Waals surface area contributed by atoms with Gasteiger partial charge in [-0.1, -0.05) is 83.9 Å². The summed E-state index contributed by atoms with van der Waals surface area (Å²) in [6.45, 7) is 0. The van der Waals surface area contributed by atoms with Crippen LogP contribution in [-0.4, -0.2) is 11.8 Å². The van der Waals surface area contributed by atoms with Gasteiger partial charge in [0.15, 0.2) is 0 Å². The van der Waals surface area contributed by atoms with Gasteiger partial charge >= 0.3 is 0 Å². The van der Waals surface area contributed by atoms with E-state index in [1.165, 1.54) is 0 Å². The zero-order chi connectivity index (χ0) is 28.6. The second-order valence-electron chi connectivity index (χ2n) is 9.44. The number of benzene rings is 5. The molecular formula is C34H27Cl2N3O2. The molecule has 5 rings (SSSR count). The fraction of sp³-hybridized carbons (Fsp3) is 0.0588. The molecule has 0 aliphatic heterocycles. The van der Waals surface area contributed by atoms with Gasteiger partial charge in [-0.25, -0.2) is 0 Å². The van der Waals surface area contributed by atoms with Gasteiger partial charge in [0.25, 0.3) is 11.8 Å². The molecule has 204 valence electrons. The Balaban J connectivity index is 1.15. The highest BCUT2D eigenvalue weighted by molar-refractivity contribution is 6.40. The summed E-state index contributed by atoms with van der Waals surface area (Å²) in [5.74, 6) is -0.530. The minimum atomic E-state index is -0.350. The summed E-state index contributed by atoms with van der Waals surface area (Å²) in [5, 5.41) is 9.77. The van der Waals surface area contributed by atoms with E-state index in [0.717, 1.165) is 41.0 Å². The van der Waals surface area contributed by atoms with Crippen LogP contribution in [0, 0.1) is 0 Å². The predicted octanol–water partition coefficient (Wildman–Crippen LogP) is 9.03. The van der Waals surface area contributed by atoms with Crippen molar-refractivity contribution in [3.8, 4) is 0 Å². The quantitative estimate of drug-likeness (QED) is 0.163. The van der Waals surface area contributed by atoms with Gasteiger partial charge in [0.1, 0.15) is 0 Å². The second-order valence-corrected chi connectivity index (χ2v) is 10.2. The van der Waals surface area contributed by atoms with Crippen LogP contribution >= 0.6 is 23.2 Å². The van der Waals surface area contributed by atoms with E-state index in [1.54, 1.807) is 24.3 Å². The van der Waals surface area contributed by atoms with Crippen molar-refractivity contribution in [1.82, 2.24) is 0 Å². The average Bonchev–Trinajstić information content (AvgIpc) is 2.98. The molecule has 5 aromatic carbocycles. The number of para-hydroxylation sites is 2. The van der Waals surface area contributed by atoms with Crippen LogP contribution in [0.3, 0.4) is 0 Å². The number of halogens is 2. The number of rotatable bonds is 9. The van der Waals surface area contributed by atoms with Crippen molar-refractivity contribution >= 4 is 57.8 Å². The van der Waals surface area contributed by atoms with Crippen LogP contribution in [0.1, 0.15) is 31.8 Å². The third-order valence-electron chi connectivity index (χ3n) is 6.54. The first kappa shape index (κ1) is 28.0. The van der Waals surface area contributed by atoms with Crippen molar-refractivity contribution in [2.45, 2.75) is 12.8 Å². The van der Waals surface area contributed by atoms with Crippen molar-refractivity contribution in [3.63, 3.8) is 0 Å². The molecule has 5 aromatic rings. The Labute approximate surface area is 249 Å². The highest BCUT2D eigenvalue weighted by Gasteiger charge is 2.15. The summed E-state index contributed by atoms with van der Waals surface area (Å²) in [4.78, 5) is 25.6. The molecule has 0 aromatic heterocycles. The standard InChI is InChI=1S/C34H27Cl2N3O2/c35-29-10-6-11-30(36)32(29)34(41)39-27-21-17-24(18-22-27)14-13-23-15-19-26(20-16-23)38-33(40)28-9-4-5-12-31(28)37-25-7-2-1-3-8-25/h1-12,15-22,37H,13-14H2,(H,38,40)(H,39,41). The summed E-state index contributed by atoms with van der Waals surface area (Å²) in [5.41, 5.74) is 6.16. The van der Waals surface area contributed by atoms with Crippen molar-refractivity contribution < 1.29 is 9.59 Å². The number of carbonyl (C=O) groups excluding carboxylic acids is 2. The van der Waals surface area contributed by atoms with Gasteiger partial charge in [0, 0.05) is 17.1 Å². The Bertz CT molecular complexity index is 1630. The summed E-state index contributed by atoms with van der Waals surface area (Å²) in [7, 11) is 0. The fourth-order valence-electron chi connectivity index (χ4n) is 4.37. The van der Waals surface area contributed by atoms with Gasteiger partial charge in [-0.3, -0.25) is 9.59 Å². The highest BCUT2D eigenvalue weighted by atomic mass is 35.5. The SMILES string of the molecule is O=C(Nc1ccc(CCc2ccc(NC(=O)c3c(Cl)cccc3Cl)cc2)cc1)c1ccccc1Nc1ccccc1. The molecule has 0 unspecified atom stereocenters. The third-order valence-corrected chi connectivity index (χ3v) is 7.17. The van der Waals surface area contributed by atoms with Gasteiger partial charge in [-0.05, 0) is 84.6 Å². The van der Waals surface area contributed by atoms with Gasteiger partial charge < -0.3 is 16.0 Å². The van der Waals surface area contributed by atoms with E-state index in [-0.39, 0.29) is 17.4 Å². The molecule has 0 fully saturated rings. The molecule has 0 heterocycles. The van der Waals surface area contributed by atoms with E-state index in [1.807, 2.05) is 97.1 Å². The van der Waals surface area contributed by atoms with E-state index in [2.05, 4.69) is 16.0 Å². The highest BCUT2D eigenvalue weighted by Crippen LogP contribution is 2.26. The van der Waals surface area contributed by atoms with Crippen LogP contribution in [0.5, 0.6) is 0 Å². The summed E-state index contributed by atoms with van der Waals surface area (Å²) in [6.07, 6.45) is 1.66. The second kappa shape index (κ2) is 13.2. The first-order valence-electron chi connectivity index (χ1n) is 13.1. The normalized spacial score (nSPS) is 10.6. The molecular weight excluding hydrogens is 553 g/mol. The van der Waals surface area contributed by atoms with Gasteiger partial charge in [0.05, 0.1) is 26.9 Å². The lowest BCUT2D eigenvalue weighted by atomic mass is 10.0. The zero-order valence-corrected chi connectivity index (χ0v) is 23.5. The topological polar surface area (TPSA) is 70.2 Å². The number of hydrogen-bond donors (Lipinski definition) is 3. The molecule has 7 heteroatoms. The molecule has 41 heavy (non-hydrogen) atoms. The van der Waals surface area contributed by atoms with Gasteiger partial charge in [0.2, 0.25) is 0 Å². The first-order chi connectivity index (χ1) is 20.0. The summed E-state index contributed by atoms with van der Waals surface area (Å²) >= 11 is 12.3.